The number of rotatable bonds is 21. The molecule has 0 bridgehead atoms. The molecule has 0 unspecified atom stereocenters. The van der Waals surface area contributed by atoms with E-state index in [0.717, 1.165) is 0 Å². The second-order valence-electron chi connectivity index (χ2n) is 12.2. The quantitative estimate of drug-likeness (QED) is 0.0534. The Morgan fingerprint density at radius 1 is 0.540 bits per heavy atom. The van der Waals surface area contributed by atoms with E-state index in [1.54, 1.807) is 20.8 Å². The van der Waals surface area contributed by atoms with Gasteiger partial charge in [0.15, 0.2) is 0 Å². The summed E-state index contributed by atoms with van der Waals surface area (Å²) in [6.45, 7) is 10.3. The molecule has 0 radical (unpaired) electrons. The number of nitrogens with two attached hydrogens (primary N) is 1. The van der Waals surface area contributed by atoms with Gasteiger partial charge in [0, 0.05) is 0 Å². The molecular formula is C30H53N9O11. The average molecular weight is 716 g/mol. The van der Waals surface area contributed by atoms with E-state index in [1.807, 2.05) is 6.92 Å². The Labute approximate surface area is 290 Å². The van der Waals surface area contributed by atoms with E-state index in [9.17, 15) is 48.3 Å². The van der Waals surface area contributed by atoms with E-state index >= 15 is 0 Å². The summed E-state index contributed by atoms with van der Waals surface area (Å²) in [5.41, 5.74) is 5.55. The van der Waals surface area contributed by atoms with Crippen LogP contribution in [0, 0.1) is 11.8 Å². The van der Waals surface area contributed by atoms with Gasteiger partial charge in [-0.2, -0.15) is 0 Å². The first-order chi connectivity index (χ1) is 23.1. The molecule has 0 rings (SSSR count). The summed E-state index contributed by atoms with van der Waals surface area (Å²) >= 11 is 0. The highest BCUT2D eigenvalue weighted by Gasteiger charge is 2.33. The van der Waals surface area contributed by atoms with Crippen LogP contribution in [0.3, 0.4) is 0 Å². The molecule has 20 nitrogen and oxygen atoms in total. The van der Waals surface area contributed by atoms with E-state index in [0.29, 0.717) is 6.42 Å². The van der Waals surface area contributed by atoms with Gasteiger partial charge in [0.1, 0.15) is 30.2 Å². The van der Waals surface area contributed by atoms with Gasteiger partial charge in [-0.05, 0) is 39.5 Å². The van der Waals surface area contributed by atoms with Crippen molar-refractivity contribution in [3.05, 3.63) is 0 Å². The molecule has 0 saturated heterocycles. The SMILES string of the molecule is CC[C@H](C)[C@H](NC(=O)[C@H](C)N)C(=O)NCC(=O)NCC(=O)N[C@@H](C)C(=O)NCC(=O)N[C@H](C(=O)N[C@H](C(=O)N[C@@H](C)C(=O)O)[C@@H](C)O)C(C)C. The first-order valence-electron chi connectivity index (χ1n) is 16.1. The Kier molecular flexibility index (Phi) is 19.9. The predicted molar refractivity (Wildman–Crippen MR) is 177 cm³/mol. The normalized spacial score (nSPS) is 15.7. The molecule has 0 heterocycles. The fraction of sp³-hybridized carbons (Fsp3) is 0.700. The van der Waals surface area contributed by atoms with Crippen LogP contribution < -0.4 is 48.3 Å². The number of aliphatic hydroxyl groups is 1. The lowest BCUT2D eigenvalue weighted by Gasteiger charge is -2.27. The van der Waals surface area contributed by atoms with Crippen molar-refractivity contribution in [3.63, 3.8) is 0 Å². The maximum Gasteiger partial charge on any atom is 0.325 e. The molecule has 12 N–H and O–H groups in total. The van der Waals surface area contributed by atoms with Crippen molar-refractivity contribution >= 4 is 53.2 Å². The molecule has 0 aromatic heterocycles. The van der Waals surface area contributed by atoms with Crippen molar-refractivity contribution in [2.24, 2.45) is 17.6 Å². The first kappa shape index (κ1) is 45.2. The van der Waals surface area contributed by atoms with Gasteiger partial charge in [0.25, 0.3) is 0 Å². The van der Waals surface area contributed by atoms with Crippen LogP contribution in [0.25, 0.3) is 0 Å². The van der Waals surface area contributed by atoms with Crippen molar-refractivity contribution in [2.75, 3.05) is 19.6 Å². The Morgan fingerprint density at radius 2 is 1.02 bits per heavy atom. The lowest BCUT2D eigenvalue weighted by molar-refractivity contribution is -0.142. The number of carbonyl (C=O) groups is 9. The van der Waals surface area contributed by atoms with Crippen molar-refractivity contribution in [1.29, 1.82) is 0 Å². The van der Waals surface area contributed by atoms with Crippen LogP contribution >= 0.6 is 0 Å². The second kappa shape index (κ2) is 22.0. The second-order valence-corrected chi connectivity index (χ2v) is 12.2. The van der Waals surface area contributed by atoms with E-state index in [4.69, 9.17) is 10.8 Å². The van der Waals surface area contributed by atoms with Gasteiger partial charge in [-0.25, -0.2) is 0 Å². The van der Waals surface area contributed by atoms with Crippen molar-refractivity contribution < 1.29 is 53.4 Å². The van der Waals surface area contributed by atoms with Crippen LogP contribution in [0.15, 0.2) is 0 Å². The zero-order valence-electron chi connectivity index (χ0n) is 29.7. The Balaban J connectivity index is 4.91. The molecular weight excluding hydrogens is 662 g/mol. The van der Waals surface area contributed by atoms with Crippen molar-refractivity contribution in [1.82, 2.24) is 42.5 Å². The van der Waals surface area contributed by atoms with Gasteiger partial charge in [-0.15, -0.1) is 0 Å². The molecule has 0 spiro atoms. The van der Waals surface area contributed by atoms with E-state index in [-0.39, 0.29) is 5.92 Å². The summed E-state index contributed by atoms with van der Waals surface area (Å²) in [5, 5.41) is 37.7. The highest BCUT2D eigenvalue weighted by Crippen LogP contribution is 2.08. The maximum absolute atomic E-state index is 12.9. The van der Waals surface area contributed by atoms with Crippen LogP contribution in [0.5, 0.6) is 0 Å². The Hall–Kier alpha value is -4.85. The molecule has 0 aliphatic carbocycles. The van der Waals surface area contributed by atoms with Crippen LogP contribution in [-0.4, -0.2) is 125 Å². The number of hydrogen-bond donors (Lipinski definition) is 11. The van der Waals surface area contributed by atoms with E-state index in [2.05, 4.69) is 42.5 Å². The van der Waals surface area contributed by atoms with Gasteiger partial charge in [0.05, 0.1) is 31.8 Å². The molecule has 0 fully saturated rings. The number of hydrogen-bond acceptors (Lipinski definition) is 11. The molecule has 8 amide bonds. The third-order valence-corrected chi connectivity index (χ3v) is 7.33. The Morgan fingerprint density at radius 3 is 1.52 bits per heavy atom. The number of carbonyl (C=O) groups excluding carboxylic acids is 8. The van der Waals surface area contributed by atoms with Crippen LogP contribution in [0.2, 0.25) is 0 Å². The molecule has 50 heavy (non-hydrogen) atoms. The van der Waals surface area contributed by atoms with E-state index in [1.165, 1.54) is 27.7 Å². The molecule has 0 aliphatic heterocycles. The summed E-state index contributed by atoms with van der Waals surface area (Å²) in [7, 11) is 0. The highest BCUT2D eigenvalue weighted by atomic mass is 16.4. The topological polar surface area (TPSA) is 316 Å². The summed E-state index contributed by atoms with van der Waals surface area (Å²) in [4.78, 5) is 110. The minimum absolute atomic E-state index is 0.258. The molecule has 0 aliphatic rings. The minimum Gasteiger partial charge on any atom is -0.480 e. The van der Waals surface area contributed by atoms with Crippen LogP contribution in [0.4, 0.5) is 0 Å². The Bertz CT molecular complexity index is 1240. The first-order valence-corrected chi connectivity index (χ1v) is 16.1. The van der Waals surface area contributed by atoms with Gasteiger partial charge in [-0.3, -0.25) is 43.2 Å². The lowest BCUT2D eigenvalue weighted by Crippen LogP contribution is -2.60. The third-order valence-electron chi connectivity index (χ3n) is 7.33. The van der Waals surface area contributed by atoms with Crippen molar-refractivity contribution in [3.8, 4) is 0 Å². The summed E-state index contributed by atoms with van der Waals surface area (Å²) in [6, 6.07) is -6.97. The fourth-order valence-electron chi connectivity index (χ4n) is 3.96. The monoisotopic (exact) mass is 715 g/mol. The standard InChI is InChI=1S/C30H53N9O11/c1-9-14(4)23(38-25(44)15(5)31)27(46)34-10-19(41)32-11-20(42)35-16(6)26(45)33-12-21(43)37-22(13(2)3)28(47)39-24(18(8)40)29(48)36-17(7)30(49)50/h13-18,22-24,40H,9-12,31H2,1-8H3,(H,32,41)(H,33,45)(H,34,46)(H,35,42)(H,36,48)(H,37,43)(H,38,44)(H,39,47)(H,49,50)/t14-,15-,16-,17-,18+,22-,23-,24-/m0/s1. The number of carboxylic acid groups (broad SMARTS) is 1. The molecule has 0 aromatic carbocycles. The summed E-state index contributed by atoms with van der Waals surface area (Å²) < 4.78 is 0. The zero-order valence-corrected chi connectivity index (χ0v) is 29.7. The van der Waals surface area contributed by atoms with Crippen LogP contribution in [0.1, 0.15) is 61.8 Å². The maximum atomic E-state index is 12.9. The molecule has 284 valence electrons. The number of aliphatic carboxylic acids is 1. The summed E-state index contributed by atoms with van der Waals surface area (Å²) in [5.74, 6) is -8.12. The van der Waals surface area contributed by atoms with Gasteiger partial charge in [0.2, 0.25) is 47.3 Å². The zero-order chi connectivity index (χ0) is 38.9. The predicted octanol–water partition coefficient (Wildman–Crippen LogP) is -4.69. The summed E-state index contributed by atoms with van der Waals surface area (Å²) in [6.07, 6.45) is -0.859. The molecule has 0 aromatic rings. The lowest BCUT2D eigenvalue weighted by atomic mass is 9.98. The van der Waals surface area contributed by atoms with Gasteiger partial charge >= 0.3 is 5.97 Å². The number of aliphatic hydroxyl groups excluding tert-OH is 1. The fourth-order valence-corrected chi connectivity index (χ4v) is 3.96. The molecule has 0 saturated carbocycles. The number of amides is 8. The number of carboxylic acids is 1. The van der Waals surface area contributed by atoms with E-state index < -0.39 is 121 Å². The van der Waals surface area contributed by atoms with Gasteiger partial charge < -0.3 is 58.5 Å². The highest BCUT2D eigenvalue weighted by molar-refractivity contribution is 5.96. The minimum atomic E-state index is -1.53. The largest absolute Gasteiger partial charge is 0.480 e. The number of nitrogens with one attached hydrogen (secondary N) is 8. The van der Waals surface area contributed by atoms with Gasteiger partial charge in [-0.1, -0.05) is 34.1 Å². The van der Waals surface area contributed by atoms with Crippen molar-refractivity contribution in [2.45, 2.75) is 104 Å². The van der Waals surface area contributed by atoms with Crippen LogP contribution in [-0.2, 0) is 43.2 Å². The molecule has 20 heteroatoms. The smallest absolute Gasteiger partial charge is 0.325 e. The molecule has 8 atom stereocenters. The average Bonchev–Trinajstić information content (AvgIpc) is 3.03. The third kappa shape index (κ3) is 16.5.